The number of aryl methyl sites for hydroxylation is 1. The summed E-state index contributed by atoms with van der Waals surface area (Å²) >= 11 is 1.70. The first-order valence-electron chi connectivity index (χ1n) is 5.55. The molecule has 1 unspecified atom stereocenters. The molecule has 1 aromatic rings. The van der Waals surface area contributed by atoms with Crippen LogP contribution in [0, 0.1) is 11.3 Å². The highest BCUT2D eigenvalue weighted by atomic mass is 32.1. The Morgan fingerprint density at radius 3 is 3.25 bits per heavy atom. The molecule has 0 spiro atoms. The van der Waals surface area contributed by atoms with E-state index in [2.05, 4.69) is 6.07 Å². The van der Waals surface area contributed by atoms with Gasteiger partial charge in [-0.05, 0) is 37.1 Å². The SMILES string of the molecule is N#CC1(OCCCO)CCCc2sccc21. The van der Waals surface area contributed by atoms with E-state index in [1.54, 1.807) is 11.3 Å². The van der Waals surface area contributed by atoms with Crippen molar-refractivity contribution in [1.82, 2.24) is 0 Å². The fraction of sp³-hybridized carbons (Fsp3) is 0.583. The molecule has 1 aliphatic rings. The molecule has 4 heteroatoms. The van der Waals surface area contributed by atoms with Crippen molar-refractivity contribution in [3.63, 3.8) is 0 Å². The summed E-state index contributed by atoms with van der Waals surface area (Å²) < 4.78 is 5.73. The Bertz CT molecular complexity index is 396. The van der Waals surface area contributed by atoms with Crippen molar-refractivity contribution >= 4 is 11.3 Å². The standard InChI is InChI=1S/C12H15NO2S/c13-9-12(15-7-2-6-14)5-1-3-11-10(12)4-8-16-11/h4,8,14H,1-3,5-7H2. The molecule has 0 bridgehead atoms. The molecule has 1 heterocycles. The van der Waals surface area contributed by atoms with Gasteiger partial charge in [0.2, 0.25) is 0 Å². The minimum absolute atomic E-state index is 0.109. The number of aliphatic hydroxyl groups is 1. The highest BCUT2D eigenvalue weighted by molar-refractivity contribution is 7.10. The molecule has 0 saturated heterocycles. The van der Waals surface area contributed by atoms with Crippen LogP contribution in [-0.4, -0.2) is 18.3 Å². The number of nitriles is 1. The average molecular weight is 237 g/mol. The first kappa shape index (κ1) is 11.6. The molecule has 2 rings (SSSR count). The van der Waals surface area contributed by atoms with Crippen molar-refractivity contribution in [1.29, 1.82) is 5.26 Å². The van der Waals surface area contributed by atoms with Gasteiger partial charge in [0, 0.05) is 17.0 Å². The smallest absolute Gasteiger partial charge is 0.180 e. The highest BCUT2D eigenvalue weighted by Crippen LogP contribution is 2.40. The first-order valence-corrected chi connectivity index (χ1v) is 6.43. The zero-order chi connectivity index (χ0) is 11.4. The predicted molar refractivity (Wildman–Crippen MR) is 62.2 cm³/mol. The van der Waals surface area contributed by atoms with E-state index in [0.717, 1.165) is 24.8 Å². The van der Waals surface area contributed by atoms with Crippen LogP contribution < -0.4 is 0 Å². The molecule has 1 atom stereocenters. The molecular formula is C12H15NO2S. The Morgan fingerprint density at radius 2 is 2.50 bits per heavy atom. The Hall–Kier alpha value is -0.890. The minimum atomic E-state index is -0.761. The van der Waals surface area contributed by atoms with Gasteiger partial charge in [-0.1, -0.05) is 0 Å². The molecule has 86 valence electrons. The molecule has 0 aromatic carbocycles. The van der Waals surface area contributed by atoms with Crippen LogP contribution in [0.3, 0.4) is 0 Å². The normalized spacial score (nSPS) is 23.8. The van der Waals surface area contributed by atoms with E-state index < -0.39 is 5.60 Å². The topological polar surface area (TPSA) is 53.2 Å². The van der Waals surface area contributed by atoms with E-state index in [0.29, 0.717) is 13.0 Å². The number of fused-ring (bicyclic) bond motifs is 1. The van der Waals surface area contributed by atoms with E-state index >= 15 is 0 Å². The molecule has 16 heavy (non-hydrogen) atoms. The lowest BCUT2D eigenvalue weighted by atomic mass is 9.84. The quantitative estimate of drug-likeness (QED) is 0.817. The van der Waals surface area contributed by atoms with Crippen LogP contribution >= 0.6 is 11.3 Å². The second kappa shape index (κ2) is 4.96. The fourth-order valence-electron chi connectivity index (χ4n) is 2.14. The summed E-state index contributed by atoms with van der Waals surface area (Å²) in [4.78, 5) is 1.27. The van der Waals surface area contributed by atoms with Gasteiger partial charge in [-0.25, -0.2) is 0 Å². The van der Waals surface area contributed by atoms with Gasteiger partial charge in [0.1, 0.15) is 6.07 Å². The van der Waals surface area contributed by atoms with Crippen LogP contribution in [0.25, 0.3) is 0 Å². The van der Waals surface area contributed by atoms with Gasteiger partial charge in [0.05, 0.1) is 6.61 Å². The Labute approximate surface area is 99.3 Å². The van der Waals surface area contributed by atoms with Crippen LogP contribution in [0.1, 0.15) is 29.7 Å². The van der Waals surface area contributed by atoms with Crippen molar-refractivity contribution in [2.45, 2.75) is 31.3 Å². The maximum absolute atomic E-state index is 9.37. The summed E-state index contributed by atoms with van der Waals surface area (Å²) in [7, 11) is 0. The van der Waals surface area contributed by atoms with E-state index in [4.69, 9.17) is 9.84 Å². The van der Waals surface area contributed by atoms with E-state index in [9.17, 15) is 5.26 Å². The molecule has 0 amide bonds. The van der Waals surface area contributed by atoms with Crippen LogP contribution in [0.5, 0.6) is 0 Å². The number of rotatable bonds is 4. The molecule has 1 aromatic heterocycles. The Morgan fingerprint density at radius 1 is 1.62 bits per heavy atom. The number of thiophene rings is 1. The maximum Gasteiger partial charge on any atom is 0.180 e. The summed E-state index contributed by atoms with van der Waals surface area (Å²) in [5, 5.41) is 20.1. The molecule has 1 aliphatic carbocycles. The van der Waals surface area contributed by atoms with Crippen LogP contribution in [0.4, 0.5) is 0 Å². The van der Waals surface area contributed by atoms with Crippen molar-refractivity contribution in [2.24, 2.45) is 0 Å². The van der Waals surface area contributed by atoms with Gasteiger partial charge in [0.25, 0.3) is 0 Å². The third-order valence-electron chi connectivity index (χ3n) is 2.94. The number of aliphatic hydroxyl groups excluding tert-OH is 1. The largest absolute Gasteiger partial charge is 0.396 e. The molecule has 0 radical (unpaired) electrons. The average Bonchev–Trinajstić information content (AvgIpc) is 2.78. The number of hydrogen-bond acceptors (Lipinski definition) is 4. The number of ether oxygens (including phenoxy) is 1. The predicted octanol–water partition coefficient (Wildman–Crippen LogP) is 2.20. The van der Waals surface area contributed by atoms with Crippen LogP contribution in [-0.2, 0) is 16.8 Å². The van der Waals surface area contributed by atoms with Crippen LogP contribution in [0.2, 0.25) is 0 Å². The monoisotopic (exact) mass is 237 g/mol. The zero-order valence-corrected chi connectivity index (χ0v) is 9.92. The van der Waals surface area contributed by atoms with Crippen LogP contribution in [0.15, 0.2) is 11.4 Å². The third-order valence-corrected chi connectivity index (χ3v) is 3.93. The summed E-state index contributed by atoms with van der Waals surface area (Å²) in [6.45, 7) is 0.553. The summed E-state index contributed by atoms with van der Waals surface area (Å²) in [6.07, 6.45) is 3.40. The van der Waals surface area contributed by atoms with Gasteiger partial charge in [-0.3, -0.25) is 0 Å². The van der Waals surface area contributed by atoms with Gasteiger partial charge in [-0.15, -0.1) is 11.3 Å². The van der Waals surface area contributed by atoms with Gasteiger partial charge in [-0.2, -0.15) is 5.26 Å². The molecule has 0 saturated carbocycles. The number of nitrogens with zero attached hydrogens (tertiary/aromatic N) is 1. The zero-order valence-electron chi connectivity index (χ0n) is 9.11. The lowest BCUT2D eigenvalue weighted by Crippen LogP contribution is -2.32. The minimum Gasteiger partial charge on any atom is -0.396 e. The van der Waals surface area contributed by atoms with E-state index in [1.807, 2.05) is 11.4 Å². The summed E-state index contributed by atoms with van der Waals surface area (Å²) in [5.74, 6) is 0. The lowest BCUT2D eigenvalue weighted by molar-refractivity contribution is -0.0231. The Kier molecular flexibility index (Phi) is 3.59. The molecule has 0 aliphatic heterocycles. The van der Waals surface area contributed by atoms with E-state index in [1.165, 1.54) is 4.88 Å². The summed E-state index contributed by atoms with van der Waals surface area (Å²) in [5.41, 5.74) is 0.284. The fourth-order valence-corrected chi connectivity index (χ4v) is 3.13. The molecular weight excluding hydrogens is 222 g/mol. The molecule has 0 fully saturated rings. The van der Waals surface area contributed by atoms with E-state index in [-0.39, 0.29) is 6.61 Å². The highest BCUT2D eigenvalue weighted by Gasteiger charge is 2.38. The number of hydrogen-bond donors (Lipinski definition) is 1. The Balaban J connectivity index is 2.20. The molecule has 3 nitrogen and oxygen atoms in total. The van der Waals surface area contributed by atoms with Crippen molar-refractivity contribution in [2.75, 3.05) is 13.2 Å². The second-order valence-electron chi connectivity index (χ2n) is 3.98. The summed E-state index contributed by atoms with van der Waals surface area (Å²) in [6, 6.07) is 4.32. The van der Waals surface area contributed by atoms with Gasteiger partial charge < -0.3 is 9.84 Å². The lowest BCUT2D eigenvalue weighted by Gasteiger charge is -2.31. The van der Waals surface area contributed by atoms with Crippen molar-refractivity contribution in [3.8, 4) is 6.07 Å². The van der Waals surface area contributed by atoms with Crippen molar-refractivity contribution in [3.05, 3.63) is 21.9 Å². The third kappa shape index (κ3) is 1.99. The maximum atomic E-state index is 9.37. The first-order chi connectivity index (χ1) is 7.82. The second-order valence-corrected chi connectivity index (χ2v) is 4.98. The van der Waals surface area contributed by atoms with Gasteiger partial charge >= 0.3 is 0 Å². The molecule has 1 N–H and O–H groups in total. The van der Waals surface area contributed by atoms with Gasteiger partial charge in [0.15, 0.2) is 5.60 Å². The van der Waals surface area contributed by atoms with Crippen molar-refractivity contribution < 1.29 is 9.84 Å².